The molecule has 1 aliphatic heterocycles. The summed E-state index contributed by atoms with van der Waals surface area (Å²) in [5.41, 5.74) is 0. The molecule has 4 heteroatoms. The highest BCUT2D eigenvalue weighted by atomic mass is 32.1. The van der Waals surface area contributed by atoms with Gasteiger partial charge in [0.05, 0.1) is 5.25 Å². The lowest BCUT2D eigenvalue weighted by Crippen LogP contribution is -2.35. The number of rotatable bonds is 3. The maximum absolute atomic E-state index is 11.2. The Labute approximate surface area is 84.6 Å². The molecule has 1 rings (SSSR count). The van der Waals surface area contributed by atoms with Crippen LogP contribution in [0.2, 0.25) is 0 Å². The first-order valence-electron chi connectivity index (χ1n) is 4.73. The van der Waals surface area contributed by atoms with Crippen LogP contribution in [0, 0.1) is 5.92 Å². The first kappa shape index (κ1) is 10.9. The summed E-state index contributed by atoms with van der Waals surface area (Å²) in [6.45, 7) is 4.21. The predicted octanol–water partition coefficient (Wildman–Crippen LogP) is 0.847. The molecule has 1 amide bonds. The number of hydrogen-bond acceptors (Lipinski definition) is 3. The number of hydrogen-bond donors (Lipinski definition) is 2. The van der Waals surface area contributed by atoms with Gasteiger partial charge in [0.15, 0.2) is 0 Å². The van der Waals surface area contributed by atoms with Crippen LogP contribution >= 0.6 is 12.6 Å². The average Bonchev–Trinajstić information content (AvgIpc) is 2.15. The van der Waals surface area contributed by atoms with Crippen molar-refractivity contribution in [3.05, 3.63) is 0 Å². The molecule has 1 unspecified atom stereocenters. The van der Waals surface area contributed by atoms with Crippen LogP contribution in [0.1, 0.15) is 19.8 Å². The Bertz CT molecular complexity index is 167. The van der Waals surface area contributed by atoms with E-state index in [2.05, 4.69) is 17.9 Å². The summed E-state index contributed by atoms with van der Waals surface area (Å²) in [5, 5.41) is 2.67. The minimum Gasteiger partial charge on any atom is -0.381 e. The van der Waals surface area contributed by atoms with E-state index in [0.29, 0.717) is 5.92 Å². The lowest BCUT2D eigenvalue weighted by molar-refractivity contribution is -0.120. The number of nitrogens with one attached hydrogen (secondary N) is 1. The van der Waals surface area contributed by atoms with Gasteiger partial charge >= 0.3 is 0 Å². The van der Waals surface area contributed by atoms with Crippen molar-refractivity contribution in [3.63, 3.8) is 0 Å². The summed E-state index contributed by atoms with van der Waals surface area (Å²) >= 11 is 4.05. The van der Waals surface area contributed by atoms with E-state index < -0.39 is 0 Å². The molecule has 0 spiro atoms. The Balaban J connectivity index is 2.13. The van der Waals surface area contributed by atoms with E-state index in [9.17, 15) is 4.79 Å². The van der Waals surface area contributed by atoms with Crippen LogP contribution < -0.4 is 5.32 Å². The first-order valence-corrected chi connectivity index (χ1v) is 5.25. The highest BCUT2D eigenvalue weighted by molar-refractivity contribution is 7.81. The van der Waals surface area contributed by atoms with Gasteiger partial charge in [-0.15, -0.1) is 0 Å². The fourth-order valence-corrected chi connectivity index (χ4v) is 1.43. The zero-order valence-electron chi connectivity index (χ0n) is 7.95. The second kappa shape index (κ2) is 5.50. The minimum absolute atomic E-state index is 0.0230. The molecule has 0 aromatic heterocycles. The normalized spacial score (nSPS) is 21.1. The summed E-state index contributed by atoms with van der Waals surface area (Å²) in [4.78, 5) is 11.2. The number of carbonyl (C=O) groups is 1. The Hall–Kier alpha value is -0.220. The van der Waals surface area contributed by atoms with Crippen molar-refractivity contribution in [2.24, 2.45) is 5.92 Å². The van der Waals surface area contributed by atoms with E-state index >= 15 is 0 Å². The van der Waals surface area contributed by atoms with Crippen molar-refractivity contribution >= 4 is 18.5 Å². The molecule has 0 aliphatic carbocycles. The van der Waals surface area contributed by atoms with Crippen molar-refractivity contribution in [3.8, 4) is 0 Å². The van der Waals surface area contributed by atoms with Gasteiger partial charge in [0.2, 0.25) is 5.91 Å². The van der Waals surface area contributed by atoms with Crippen molar-refractivity contribution in [1.82, 2.24) is 5.32 Å². The summed E-state index contributed by atoms with van der Waals surface area (Å²) in [7, 11) is 0. The van der Waals surface area contributed by atoms with Gasteiger partial charge in [0.25, 0.3) is 0 Å². The Morgan fingerprint density at radius 3 is 2.77 bits per heavy atom. The summed E-state index contributed by atoms with van der Waals surface area (Å²) < 4.78 is 5.23. The molecule has 0 bridgehead atoms. The Morgan fingerprint density at radius 1 is 1.62 bits per heavy atom. The molecular weight excluding hydrogens is 186 g/mol. The number of amides is 1. The number of carbonyl (C=O) groups excluding carboxylic acids is 1. The molecule has 1 atom stereocenters. The predicted molar refractivity (Wildman–Crippen MR) is 55.0 cm³/mol. The molecule has 1 saturated heterocycles. The summed E-state index contributed by atoms with van der Waals surface area (Å²) in [6, 6.07) is 0. The Kier molecular flexibility index (Phi) is 4.59. The van der Waals surface area contributed by atoms with E-state index in [4.69, 9.17) is 4.74 Å². The zero-order chi connectivity index (χ0) is 9.68. The quantitative estimate of drug-likeness (QED) is 0.667. The van der Waals surface area contributed by atoms with Gasteiger partial charge in [-0.1, -0.05) is 0 Å². The van der Waals surface area contributed by atoms with Gasteiger partial charge in [-0.3, -0.25) is 4.79 Å². The van der Waals surface area contributed by atoms with Gasteiger partial charge in [-0.2, -0.15) is 12.6 Å². The molecule has 1 fully saturated rings. The van der Waals surface area contributed by atoms with E-state index in [1.165, 1.54) is 0 Å². The second-order valence-corrected chi connectivity index (χ2v) is 4.25. The van der Waals surface area contributed by atoms with Gasteiger partial charge in [0.1, 0.15) is 0 Å². The van der Waals surface area contributed by atoms with Crippen LogP contribution in [0.15, 0.2) is 0 Å². The van der Waals surface area contributed by atoms with E-state index in [1.807, 2.05) is 0 Å². The third-order valence-corrected chi connectivity index (χ3v) is 2.52. The molecular formula is C9H17NO2S. The van der Waals surface area contributed by atoms with Crippen molar-refractivity contribution < 1.29 is 9.53 Å². The number of thiol groups is 1. The maximum atomic E-state index is 11.2. The lowest BCUT2D eigenvalue weighted by atomic mass is 10.0. The fraction of sp³-hybridized carbons (Fsp3) is 0.889. The van der Waals surface area contributed by atoms with Crippen molar-refractivity contribution in [2.45, 2.75) is 25.0 Å². The maximum Gasteiger partial charge on any atom is 0.232 e. The first-order chi connectivity index (χ1) is 6.20. The minimum atomic E-state index is -0.208. The molecule has 1 heterocycles. The molecule has 13 heavy (non-hydrogen) atoms. The van der Waals surface area contributed by atoms with Gasteiger partial charge in [-0.05, 0) is 25.7 Å². The van der Waals surface area contributed by atoms with Crippen LogP contribution in [0.3, 0.4) is 0 Å². The van der Waals surface area contributed by atoms with Crippen LogP contribution in [0.25, 0.3) is 0 Å². The highest BCUT2D eigenvalue weighted by Crippen LogP contribution is 2.13. The van der Waals surface area contributed by atoms with Gasteiger partial charge in [0, 0.05) is 19.8 Å². The lowest BCUT2D eigenvalue weighted by Gasteiger charge is -2.22. The zero-order valence-corrected chi connectivity index (χ0v) is 8.85. The third kappa shape index (κ3) is 4.00. The molecule has 0 saturated carbocycles. The van der Waals surface area contributed by atoms with E-state index in [0.717, 1.165) is 32.6 Å². The van der Waals surface area contributed by atoms with Crippen LogP contribution in [-0.2, 0) is 9.53 Å². The Morgan fingerprint density at radius 2 is 2.23 bits per heavy atom. The highest BCUT2D eigenvalue weighted by Gasteiger charge is 2.15. The molecule has 0 aromatic rings. The summed E-state index contributed by atoms with van der Waals surface area (Å²) in [6.07, 6.45) is 2.11. The van der Waals surface area contributed by atoms with Crippen molar-refractivity contribution in [1.29, 1.82) is 0 Å². The number of ether oxygens (including phenoxy) is 1. The second-order valence-electron chi connectivity index (χ2n) is 3.48. The van der Waals surface area contributed by atoms with E-state index in [1.54, 1.807) is 6.92 Å². The molecule has 0 aromatic carbocycles. The van der Waals surface area contributed by atoms with Crippen LogP contribution in [0.5, 0.6) is 0 Å². The van der Waals surface area contributed by atoms with Crippen LogP contribution in [-0.4, -0.2) is 30.9 Å². The standard InChI is InChI=1S/C9H17NO2S/c1-7(13)9(11)10-6-8-2-4-12-5-3-8/h7-8,13H,2-6H2,1H3,(H,10,11). The van der Waals surface area contributed by atoms with Crippen molar-refractivity contribution in [2.75, 3.05) is 19.8 Å². The molecule has 76 valence electrons. The smallest absolute Gasteiger partial charge is 0.232 e. The molecule has 1 aliphatic rings. The van der Waals surface area contributed by atoms with Gasteiger partial charge < -0.3 is 10.1 Å². The van der Waals surface area contributed by atoms with E-state index in [-0.39, 0.29) is 11.2 Å². The van der Waals surface area contributed by atoms with Gasteiger partial charge in [-0.25, -0.2) is 0 Å². The topological polar surface area (TPSA) is 38.3 Å². The third-order valence-electron chi connectivity index (χ3n) is 2.29. The molecule has 1 N–H and O–H groups in total. The average molecular weight is 203 g/mol. The van der Waals surface area contributed by atoms with Crippen LogP contribution in [0.4, 0.5) is 0 Å². The summed E-state index contributed by atoms with van der Waals surface area (Å²) in [5.74, 6) is 0.611. The monoisotopic (exact) mass is 203 g/mol. The fourth-order valence-electron chi connectivity index (χ4n) is 1.34. The molecule has 3 nitrogen and oxygen atoms in total. The molecule has 0 radical (unpaired) electrons. The SMILES string of the molecule is CC(S)C(=O)NCC1CCOCC1. The largest absolute Gasteiger partial charge is 0.381 e.